The molecular formula is C12H21NO. The third-order valence-electron chi connectivity index (χ3n) is 1.64. The molecular weight excluding hydrogens is 174 g/mol. The van der Waals surface area contributed by atoms with Crippen molar-refractivity contribution in [2.24, 2.45) is 4.99 Å². The van der Waals surface area contributed by atoms with Crippen molar-refractivity contribution in [2.45, 2.75) is 40.0 Å². The molecule has 2 nitrogen and oxygen atoms in total. The molecule has 0 saturated carbocycles. The van der Waals surface area contributed by atoms with E-state index >= 15 is 0 Å². The van der Waals surface area contributed by atoms with Gasteiger partial charge in [-0.3, -0.25) is 4.99 Å². The Balaban J connectivity index is 4.22. The van der Waals surface area contributed by atoms with E-state index in [1.807, 2.05) is 19.2 Å². The van der Waals surface area contributed by atoms with Gasteiger partial charge in [0.1, 0.15) is 5.76 Å². The smallest absolute Gasteiger partial charge is 0.140 e. The Bertz CT molecular complexity index is 216. The van der Waals surface area contributed by atoms with Gasteiger partial charge in [-0.15, -0.1) is 0 Å². The number of unbranched alkanes of at least 4 members (excludes halogenated alkanes) is 1. The summed E-state index contributed by atoms with van der Waals surface area (Å²) in [6, 6.07) is 0. The quantitative estimate of drug-likeness (QED) is 0.345. The summed E-state index contributed by atoms with van der Waals surface area (Å²) < 4.78 is 5.42. The minimum Gasteiger partial charge on any atom is -0.492 e. The lowest BCUT2D eigenvalue weighted by molar-refractivity contribution is 0.236. The average molecular weight is 195 g/mol. The van der Waals surface area contributed by atoms with Gasteiger partial charge in [0.25, 0.3) is 0 Å². The van der Waals surface area contributed by atoms with E-state index in [0.717, 1.165) is 30.7 Å². The summed E-state index contributed by atoms with van der Waals surface area (Å²) >= 11 is 0. The van der Waals surface area contributed by atoms with E-state index in [4.69, 9.17) is 4.74 Å². The van der Waals surface area contributed by atoms with Crippen LogP contribution in [-0.2, 0) is 4.74 Å². The number of allylic oxidation sites excluding steroid dienone is 1. The summed E-state index contributed by atoms with van der Waals surface area (Å²) in [4.78, 5) is 4.24. The van der Waals surface area contributed by atoms with Crippen molar-refractivity contribution in [2.75, 3.05) is 6.61 Å². The van der Waals surface area contributed by atoms with Gasteiger partial charge in [0, 0.05) is 6.21 Å². The first-order valence-corrected chi connectivity index (χ1v) is 5.30. The van der Waals surface area contributed by atoms with E-state index in [0.29, 0.717) is 6.61 Å². The number of hydrogen-bond acceptors (Lipinski definition) is 2. The Labute approximate surface area is 87.4 Å². The maximum atomic E-state index is 5.42. The monoisotopic (exact) mass is 195 g/mol. The molecule has 0 aromatic heterocycles. The van der Waals surface area contributed by atoms with Crippen molar-refractivity contribution in [1.82, 2.24) is 0 Å². The second-order valence-corrected chi connectivity index (χ2v) is 2.96. The summed E-state index contributed by atoms with van der Waals surface area (Å²) in [6.45, 7) is 10.7. The van der Waals surface area contributed by atoms with Gasteiger partial charge >= 0.3 is 0 Å². The fraction of sp³-hybridized carbons (Fsp3) is 0.583. The summed E-state index contributed by atoms with van der Waals surface area (Å²) in [5.74, 6) is 0.808. The maximum Gasteiger partial charge on any atom is 0.140 e. The average Bonchev–Trinajstić information content (AvgIpc) is 2.18. The predicted octanol–water partition coefficient (Wildman–Crippen LogP) is 3.70. The summed E-state index contributed by atoms with van der Waals surface area (Å²) in [7, 11) is 0. The number of nitrogens with zero attached hydrogens (tertiary/aromatic N) is 1. The molecule has 0 radical (unpaired) electrons. The van der Waals surface area contributed by atoms with Gasteiger partial charge in [-0.1, -0.05) is 26.8 Å². The number of rotatable bonds is 7. The topological polar surface area (TPSA) is 21.6 Å². The van der Waals surface area contributed by atoms with Crippen molar-refractivity contribution in [3.05, 3.63) is 24.1 Å². The molecule has 0 spiro atoms. The van der Waals surface area contributed by atoms with Crippen molar-refractivity contribution >= 4 is 6.21 Å². The molecule has 14 heavy (non-hydrogen) atoms. The van der Waals surface area contributed by atoms with Crippen LogP contribution in [0, 0.1) is 0 Å². The molecule has 0 bridgehead atoms. The van der Waals surface area contributed by atoms with Crippen molar-refractivity contribution in [3.8, 4) is 0 Å². The van der Waals surface area contributed by atoms with E-state index < -0.39 is 0 Å². The number of aliphatic imine (C=N–C) groups is 1. The van der Waals surface area contributed by atoms with Crippen molar-refractivity contribution in [1.29, 1.82) is 0 Å². The zero-order valence-electron chi connectivity index (χ0n) is 9.55. The number of hydrogen-bond donors (Lipinski definition) is 0. The normalized spacial score (nSPS) is 12.1. The Kier molecular flexibility index (Phi) is 7.90. The summed E-state index contributed by atoms with van der Waals surface area (Å²) in [5.41, 5.74) is 0.724. The fourth-order valence-corrected chi connectivity index (χ4v) is 0.968. The molecule has 0 aromatic rings. The molecule has 0 unspecified atom stereocenters. The van der Waals surface area contributed by atoms with Crippen LogP contribution in [0.2, 0.25) is 0 Å². The molecule has 0 aliphatic heterocycles. The van der Waals surface area contributed by atoms with E-state index in [1.54, 1.807) is 0 Å². The lowest BCUT2D eigenvalue weighted by atomic mass is 10.3. The maximum absolute atomic E-state index is 5.42. The Hall–Kier alpha value is -1.05. The first-order chi connectivity index (χ1) is 6.76. The minimum absolute atomic E-state index is 0.661. The summed E-state index contributed by atoms with van der Waals surface area (Å²) in [5, 5.41) is 0. The lowest BCUT2D eigenvalue weighted by Gasteiger charge is -2.07. The van der Waals surface area contributed by atoms with Crippen LogP contribution in [0.25, 0.3) is 0 Å². The molecule has 0 aliphatic carbocycles. The van der Waals surface area contributed by atoms with Gasteiger partial charge in [-0.25, -0.2) is 0 Å². The van der Waals surface area contributed by atoms with Crippen LogP contribution in [0.15, 0.2) is 29.1 Å². The van der Waals surface area contributed by atoms with Crippen LogP contribution in [0.4, 0.5) is 0 Å². The second kappa shape index (κ2) is 8.54. The van der Waals surface area contributed by atoms with Crippen LogP contribution < -0.4 is 0 Å². The molecule has 0 atom stereocenters. The predicted molar refractivity (Wildman–Crippen MR) is 62.5 cm³/mol. The van der Waals surface area contributed by atoms with Crippen LogP contribution in [-0.4, -0.2) is 12.8 Å². The zero-order valence-corrected chi connectivity index (χ0v) is 9.55. The van der Waals surface area contributed by atoms with Gasteiger partial charge in [-0.05, 0) is 25.8 Å². The van der Waals surface area contributed by atoms with E-state index in [-0.39, 0.29) is 0 Å². The summed E-state index contributed by atoms with van der Waals surface area (Å²) in [6.07, 6.45) is 6.94. The molecule has 0 heterocycles. The molecule has 0 fully saturated rings. The van der Waals surface area contributed by atoms with Crippen LogP contribution in [0.3, 0.4) is 0 Å². The lowest BCUT2D eigenvalue weighted by Crippen LogP contribution is -1.93. The molecule has 0 N–H and O–H groups in total. The first-order valence-electron chi connectivity index (χ1n) is 5.30. The highest BCUT2D eigenvalue weighted by Crippen LogP contribution is 2.11. The fourth-order valence-electron chi connectivity index (χ4n) is 0.968. The molecule has 80 valence electrons. The molecule has 2 heteroatoms. The number of ether oxygens (including phenoxy) is 1. The van der Waals surface area contributed by atoms with Gasteiger partial charge < -0.3 is 4.74 Å². The van der Waals surface area contributed by atoms with Crippen LogP contribution in [0.5, 0.6) is 0 Å². The molecule has 0 amide bonds. The highest BCUT2D eigenvalue weighted by atomic mass is 16.5. The zero-order chi connectivity index (χ0) is 10.8. The largest absolute Gasteiger partial charge is 0.492 e. The highest BCUT2D eigenvalue weighted by Gasteiger charge is 1.99. The standard InChI is InChI=1S/C12H21NO/c1-5-8-10-13-11(4)12(9-6-2)14-7-3/h9-10H,4-8H2,1-3H3/b12-9+,13-10?. The SMILES string of the molecule is C=C(N=CCCC)/C(=C\CC)OCC. The van der Waals surface area contributed by atoms with Crippen molar-refractivity contribution in [3.63, 3.8) is 0 Å². The van der Waals surface area contributed by atoms with Gasteiger partial charge in [0.05, 0.1) is 12.3 Å². The molecule has 0 rings (SSSR count). The second-order valence-electron chi connectivity index (χ2n) is 2.96. The molecule has 0 saturated heterocycles. The Morgan fingerprint density at radius 2 is 2.07 bits per heavy atom. The molecule has 0 aromatic carbocycles. The minimum atomic E-state index is 0.661. The van der Waals surface area contributed by atoms with Gasteiger partial charge in [0.15, 0.2) is 0 Å². The third-order valence-corrected chi connectivity index (χ3v) is 1.64. The Morgan fingerprint density at radius 1 is 1.36 bits per heavy atom. The van der Waals surface area contributed by atoms with Gasteiger partial charge in [-0.2, -0.15) is 0 Å². The third kappa shape index (κ3) is 5.57. The highest BCUT2D eigenvalue weighted by molar-refractivity contribution is 5.59. The van der Waals surface area contributed by atoms with E-state index in [9.17, 15) is 0 Å². The van der Waals surface area contributed by atoms with Gasteiger partial charge in [0.2, 0.25) is 0 Å². The molecule has 0 aliphatic rings. The Morgan fingerprint density at radius 3 is 2.57 bits per heavy atom. The van der Waals surface area contributed by atoms with Crippen molar-refractivity contribution < 1.29 is 4.74 Å². The first kappa shape index (κ1) is 12.9. The van der Waals surface area contributed by atoms with E-state index in [1.165, 1.54) is 0 Å². The van der Waals surface area contributed by atoms with E-state index in [2.05, 4.69) is 25.4 Å². The van der Waals surface area contributed by atoms with Crippen LogP contribution >= 0.6 is 0 Å². The van der Waals surface area contributed by atoms with Crippen LogP contribution in [0.1, 0.15) is 40.0 Å².